The number of anilines is 1. The first-order valence-corrected chi connectivity index (χ1v) is 5.93. The van der Waals surface area contributed by atoms with Gasteiger partial charge in [-0.3, -0.25) is 4.79 Å². The molecule has 0 unspecified atom stereocenters. The maximum atomic E-state index is 12.5. The Morgan fingerprint density at radius 2 is 2.00 bits per heavy atom. The molecule has 2 N–H and O–H groups in total. The Balaban J connectivity index is 2.74. The molecule has 0 heterocycles. The number of hydrogen-bond acceptors (Lipinski definition) is 2. The van der Waals surface area contributed by atoms with Crippen LogP contribution in [0, 0.1) is 6.92 Å². The number of benzene rings is 1. The van der Waals surface area contributed by atoms with E-state index in [-0.39, 0.29) is 24.6 Å². The lowest BCUT2D eigenvalue weighted by Gasteiger charge is -2.12. The number of amides is 1. The molecule has 0 atom stereocenters. The molecule has 1 rings (SSSR count). The van der Waals surface area contributed by atoms with Gasteiger partial charge in [0.25, 0.3) is 0 Å². The van der Waals surface area contributed by atoms with Crippen LogP contribution in [0.2, 0.25) is 0 Å². The largest absolute Gasteiger partial charge is 0.416 e. The van der Waals surface area contributed by atoms with Crippen LogP contribution in [-0.2, 0) is 11.0 Å². The summed E-state index contributed by atoms with van der Waals surface area (Å²) in [6.45, 7) is 1.62. The number of nitrogens with one attached hydrogen (secondary N) is 1. The van der Waals surface area contributed by atoms with Crippen molar-refractivity contribution >= 4 is 11.6 Å². The number of alkyl halides is 3. The highest BCUT2D eigenvalue weighted by Crippen LogP contribution is 2.32. The number of aliphatic hydroxyl groups is 1. The molecule has 0 bridgehead atoms. The average Bonchev–Trinajstić information content (AvgIpc) is 2.31. The Kier molecular flexibility index (Phi) is 5.35. The summed E-state index contributed by atoms with van der Waals surface area (Å²) in [7, 11) is 0. The van der Waals surface area contributed by atoms with Gasteiger partial charge in [-0.2, -0.15) is 13.2 Å². The molecule has 1 aromatic rings. The highest BCUT2D eigenvalue weighted by Gasteiger charge is 2.30. The first-order valence-electron chi connectivity index (χ1n) is 5.93. The summed E-state index contributed by atoms with van der Waals surface area (Å²) in [6, 6.07) is 3.24. The van der Waals surface area contributed by atoms with E-state index >= 15 is 0 Å². The molecule has 6 heteroatoms. The molecule has 1 aromatic carbocycles. The summed E-state index contributed by atoms with van der Waals surface area (Å²) < 4.78 is 37.6. The van der Waals surface area contributed by atoms with E-state index in [4.69, 9.17) is 5.11 Å². The maximum absolute atomic E-state index is 12.5. The van der Waals surface area contributed by atoms with Crippen LogP contribution in [-0.4, -0.2) is 17.6 Å². The molecule has 0 aromatic heterocycles. The Bertz CT molecular complexity index is 444. The van der Waals surface area contributed by atoms with E-state index in [9.17, 15) is 18.0 Å². The van der Waals surface area contributed by atoms with Gasteiger partial charge >= 0.3 is 6.18 Å². The van der Waals surface area contributed by atoms with Gasteiger partial charge in [-0.15, -0.1) is 0 Å². The lowest BCUT2D eigenvalue weighted by molar-refractivity contribution is -0.137. The first kappa shape index (κ1) is 15.5. The fourth-order valence-electron chi connectivity index (χ4n) is 1.54. The first-order chi connectivity index (χ1) is 8.84. The molecule has 106 valence electrons. The second kappa shape index (κ2) is 6.56. The molecule has 0 aliphatic carbocycles. The molecular weight excluding hydrogens is 259 g/mol. The Labute approximate surface area is 109 Å². The van der Waals surface area contributed by atoms with E-state index in [1.807, 2.05) is 0 Å². The number of hydrogen-bond donors (Lipinski definition) is 2. The van der Waals surface area contributed by atoms with Crippen molar-refractivity contribution in [2.24, 2.45) is 0 Å². The second-order valence-corrected chi connectivity index (χ2v) is 4.26. The van der Waals surface area contributed by atoms with Gasteiger partial charge in [-0.25, -0.2) is 0 Å². The lowest BCUT2D eigenvalue weighted by Crippen LogP contribution is -2.14. The molecule has 0 aliphatic heterocycles. The quantitative estimate of drug-likeness (QED) is 0.811. The summed E-state index contributed by atoms with van der Waals surface area (Å²) in [5.74, 6) is -0.351. The summed E-state index contributed by atoms with van der Waals surface area (Å²) >= 11 is 0. The molecule has 0 spiro atoms. The molecule has 0 fully saturated rings. The Morgan fingerprint density at radius 3 is 2.58 bits per heavy atom. The highest BCUT2D eigenvalue weighted by molar-refractivity contribution is 5.91. The minimum Gasteiger partial charge on any atom is -0.396 e. The van der Waals surface area contributed by atoms with Crippen molar-refractivity contribution in [3.8, 4) is 0 Å². The molecular formula is C13H16F3NO2. The minimum absolute atomic E-state index is 0.00410. The number of halogens is 3. The second-order valence-electron chi connectivity index (χ2n) is 4.26. The average molecular weight is 275 g/mol. The fraction of sp³-hybridized carbons (Fsp3) is 0.462. The summed E-state index contributed by atoms with van der Waals surface area (Å²) in [5, 5.41) is 11.0. The molecule has 1 amide bonds. The van der Waals surface area contributed by atoms with E-state index in [0.29, 0.717) is 18.4 Å². The molecule has 0 saturated carbocycles. The van der Waals surface area contributed by atoms with Crippen LogP contribution >= 0.6 is 0 Å². The van der Waals surface area contributed by atoms with Crippen LogP contribution in [0.4, 0.5) is 18.9 Å². The van der Waals surface area contributed by atoms with Gasteiger partial charge in [-0.1, -0.05) is 6.07 Å². The summed E-state index contributed by atoms with van der Waals surface area (Å²) in [6.07, 6.45) is -3.25. The topological polar surface area (TPSA) is 49.3 Å². The monoisotopic (exact) mass is 275 g/mol. The van der Waals surface area contributed by atoms with Crippen molar-refractivity contribution in [2.75, 3.05) is 11.9 Å². The zero-order chi connectivity index (χ0) is 14.5. The van der Waals surface area contributed by atoms with Crippen LogP contribution in [0.1, 0.15) is 30.4 Å². The predicted octanol–water partition coefficient (Wildman–Crippen LogP) is 3.11. The third kappa shape index (κ3) is 4.90. The minimum atomic E-state index is -4.43. The van der Waals surface area contributed by atoms with Gasteiger partial charge in [0.1, 0.15) is 0 Å². The predicted molar refractivity (Wildman–Crippen MR) is 65.7 cm³/mol. The number of carbonyl (C=O) groups excluding carboxylic acids is 1. The fourth-order valence-corrected chi connectivity index (χ4v) is 1.54. The Morgan fingerprint density at radius 1 is 1.32 bits per heavy atom. The number of rotatable bonds is 5. The lowest BCUT2D eigenvalue weighted by atomic mass is 10.1. The SMILES string of the molecule is Cc1ccc(C(F)(F)F)cc1NC(=O)CCCCO. The van der Waals surface area contributed by atoms with Crippen LogP contribution in [0.15, 0.2) is 18.2 Å². The van der Waals surface area contributed by atoms with Crippen LogP contribution in [0.3, 0.4) is 0 Å². The number of aryl methyl sites for hydroxylation is 1. The third-order valence-electron chi connectivity index (χ3n) is 2.65. The molecule has 0 radical (unpaired) electrons. The Hall–Kier alpha value is -1.56. The van der Waals surface area contributed by atoms with Gasteiger partial charge in [0.2, 0.25) is 5.91 Å². The molecule has 3 nitrogen and oxygen atoms in total. The number of carbonyl (C=O) groups is 1. The summed E-state index contributed by atoms with van der Waals surface area (Å²) in [5.41, 5.74) is -0.0453. The van der Waals surface area contributed by atoms with Gasteiger partial charge in [0.15, 0.2) is 0 Å². The zero-order valence-electron chi connectivity index (χ0n) is 10.5. The van der Waals surface area contributed by atoms with Crippen molar-refractivity contribution in [3.63, 3.8) is 0 Å². The van der Waals surface area contributed by atoms with Crippen LogP contribution < -0.4 is 5.32 Å². The van der Waals surface area contributed by atoms with Crippen molar-refractivity contribution in [1.82, 2.24) is 0 Å². The maximum Gasteiger partial charge on any atom is 0.416 e. The van der Waals surface area contributed by atoms with Gasteiger partial charge < -0.3 is 10.4 Å². The van der Waals surface area contributed by atoms with Gasteiger partial charge in [-0.05, 0) is 37.5 Å². The van der Waals surface area contributed by atoms with E-state index in [2.05, 4.69) is 5.32 Å². The van der Waals surface area contributed by atoms with E-state index < -0.39 is 11.7 Å². The van der Waals surface area contributed by atoms with Crippen molar-refractivity contribution in [2.45, 2.75) is 32.4 Å². The highest BCUT2D eigenvalue weighted by atomic mass is 19.4. The van der Waals surface area contributed by atoms with Crippen molar-refractivity contribution in [1.29, 1.82) is 0 Å². The van der Waals surface area contributed by atoms with Crippen molar-refractivity contribution in [3.05, 3.63) is 29.3 Å². The zero-order valence-corrected chi connectivity index (χ0v) is 10.5. The van der Waals surface area contributed by atoms with Crippen LogP contribution in [0.5, 0.6) is 0 Å². The van der Waals surface area contributed by atoms with E-state index in [1.165, 1.54) is 6.07 Å². The normalized spacial score (nSPS) is 11.4. The van der Waals surface area contributed by atoms with E-state index in [0.717, 1.165) is 12.1 Å². The standard InChI is InChI=1S/C13H16F3NO2/c1-9-5-6-10(13(14,15)16)8-11(9)17-12(19)4-2-3-7-18/h5-6,8,18H,2-4,7H2,1H3,(H,17,19). The van der Waals surface area contributed by atoms with Crippen molar-refractivity contribution < 1.29 is 23.1 Å². The molecule has 0 aliphatic rings. The number of aliphatic hydroxyl groups excluding tert-OH is 1. The number of unbranched alkanes of at least 4 members (excludes halogenated alkanes) is 1. The van der Waals surface area contributed by atoms with E-state index in [1.54, 1.807) is 6.92 Å². The molecule has 19 heavy (non-hydrogen) atoms. The smallest absolute Gasteiger partial charge is 0.396 e. The molecule has 0 saturated heterocycles. The van der Waals surface area contributed by atoms with Gasteiger partial charge in [0.05, 0.1) is 5.56 Å². The summed E-state index contributed by atoms with van der Waals surface area (Å²) in [4.78, 5) is 11.5. The van der Waals surface area contributed by atoms with Gasteiger partial charge in [0, 0.05) is 18.7 Å². The third-order valence-corrected chi connectivity index (χ3v) is 2.65. The van der Waals surface area contributed by atoms with Crippen LogP contribution in [0.25, 0.3) is 0 Å².